The maximum atomic E-state index is 12.2. The molecule has 1 amide bonds. The summed E-state index contributed by atoms with van der Waals surface area (Å²) in [5.74, 6) is 0.355. The lowest BCUT2D eigenvalue weighted by Crippen LogP contribution is -2.26. The molecule has 0 aliphatic heterocycles. The van der Waals surface area contributed by atoms with Gasteiger partial charge in [-0.2, -0.15) is 0 Å². The molecule has 0 bridgehead atoms. The third-order valence-corrected chi connectivity index (χ3v) is 3.61. The molecule has 0 unspecified atom stereocenters. The van der Waals surface area contributed by atoms with Crippen LogP contribution in [0.3, 0.4) is 0 Å². The van der Waals surface area contributed by atoms with Crippen LogP contribution in [0.15, 0.2) is 39.7 Å². The van der Waals surface area contributed by atoms with Crippen LogP contribution in [0.2, 0.25) is 0 Å². The molecule has 0 atom stereocenters. The van der Waals surface area contributed by atoms with Gasteiger partial charge in [0.15, 0.2) is 5.43 Å². The van der Waals surface area contributed by atoms with Gasteiger partial charge in [0.1, 0.15) is 23.6 Å². The van der Waals surface area contributed by atoms with Crippen molar-refractivity contribution in [3.8, 4) is 11.3 Å². The van der Waals surface area contributed by atoms with E-state index in [1.165, 1.54) is 15.6 Å². The van der Waals surface area contributed by atoms with Gasteiger partial charge in [-0.05, 0) is 18.2 Å². The van der Waals surface area contributed by atoms with Crippen LogP contribution in [0.25, 0.3) is 22.2 Å². The lowest BCUT2D eigenvalue weighted by molar-refractivity contribution is -0.129. The molecule has 24 heavy (non-hydrogen) atoms. The second kappa shape index (κ2) is 6.25. The van der Waals surface area contributed by atoms with Crippen molar-refractivity contribution in [3.63, 3.8) is 0 Å². The Hall–Kier alpha value is -3.00. The molecule has 0 saturated heterocycles. The van der Waals surface area contributed by atoms with E-state index in [-0.39, 0.29) is 24.4 Å². The number of fused-ring (bicyclic) bond motifs is 1. The molecule has 2 aromatic heterocycles. The second-order valence-corrected chi connectivity index (χ2v) is 5.58. The fraction of sp³-hybridized carbons (Fsp3) is 0.250. The van der Waals surface area contributed by atoms with Crippen molar-refractivity contribution in [2.24, 2.45) is 5.73 Å². The van der Waals surface area contributed by atoms with Gasteiger partial charge in [-0.3, -0.25) is 9.59 Å². The Kier molecular flexibility index (Phi) is 4.13. The van der Waals surface area contributed by atoms with Crippen molar-refractivity contribution in [1.82, 2.24) is 19.9 Å². The Labute approximate surface area is 137 Å². The number of benzene rings is 1. The van der Waals surface area contributed by atoms with Gasteiger partial charge in [0, 0.05) is 25.7 Å². The summed E-state index contributed by atoms with van der Waals surface area (Å²) in [5.41, 5.74) is 7.12. The molecule has 124 valence electrons. The molecule has 3 aromatic rings. The van der Waals surface area contributed by atoms with Gasteiger partial charge in [0.25, 0.3) is 0 Å². The molecule has 0 aliphatic rings. The number of carbonyl (C=O) groups is 1. The summed E-state index contributed by atoms with van der Waals surface area (Å²) in [6.45, 7) is 0.275. The first kappa shape index (κ1) is 15.9. The van der Waals surface area contributed by atoms with Crippen molar-refractivity contribution < 1.29 is 9.21 Å². The van der Waals surface area contributed by atoms with Gasteiger partial charge in [0.05, 0.1) is 18.1 Å². The summed E-state index contributed by atoms with van der Waals surface area (Å²) < 4.78 is 7.01. The van der Waals surface area contributed by atoms with Crippen LogP contribution in [0.4, 0.5) is 0 Å². The molecule has 0 aliphatic carbocycles. The lowest BCUT2D eigenvalue weighted by Gasteiger charge is -2.08. The molecule has 8 nitrogen and oxygen atoms in total. The Morgan fingerprint density at radius 2 is 2.12 bits per heavy atom. The highest BCUT2D eigenvalue weighted by Gasteiger charge is 2.11. The molecule has 0 spiro atoms. The molecular formula is C16H17N5O3. The van der Waals surface area contributed by atoms with E-state index in [4.69, 9.17) is 10.2 Å². The van der Waals surface area contributed by atoms with Crippen LogP contribution in [-0.4, -0.2) is 39.9 Å². The van der Waals surface area contributed by atoms with Gasteiger partial charge in [-0.15, -0.1) is 5.10 Å². The van der Waals surface area contributed by atoms with Gasteiger partial charge >= 0.3 is 0 Å². The lowest BCUT2D eigenvalue weighted by atomic mass is 10.1. The van der Waals surface area contributed by atoms with Crippen LogP contribution in [0, 0.1) is 0 Å². The summed E-state index contributed by atoms with van der Waals surface area (Å²) >= 11 is 0. The van der Waals surface area contributed by atoms with Crippen molar-refractivity contribution in [2.45, 2.75) is 13.1 Å². The highest BCUT2D eigenvalue weighted by Crippen LogP contribution is 2.21. The minimum atomic E-state index is -0.159. The molecular weight excluding hydrogens is 310 g/mol. The van der Waals surface area contributed by atoms with E-state index in [0.717, 1.165) is 5.56 Å². The minimum Gasteiger partial charge on any atom is -0.459 e. The van der Waals surface area contributed by atoms with Crippen LogP contribution in [0.1, 0.15) is 5.76 Å². The largest absolute Gasteiger partial charge is 0.459 e. The van der Waals surface area contributed by atoms with Crippen LogP contribution < -0.4 is 11.2 Å². The number of hydrogen-bond donors (Lipinski definition) is 1. The highest BCUT2D eigenvalue weighted by atomic mass is 16.3. The predicted octanol–water partition coefficient (Wildman–Crippen LogP) is 0.598. The first-order chi connectivity index (χ1) is 11.5. The van der Waals surface area contributed by atoms with E-state index >= 15 is 0 Å². The third kappa shape index (κ3) is 3.04. The number of hydrogen-bond acceptors (Lipinski definition) is 6. The molecule has 0 radical (unpaired) electrons. The monoisotopic (exact) mass is 327 g/mol. The van der Waals surface area contributed by atoms with E-state index in [2.05, 4.69) is 10.3 Å². The van der Waals surface area contributed by atoms with Crippen LogP contribution >= 0.6 is 0 Å². The predicted molar refractivity (Wildman–Crippen MR) is 88.1 cm³/mol. The normalized spacial score (nSPS) is 11.0. The summed E-state index contributed by atoms with van der Waals surface area (Å²) in [4.78, 5) is 25.4. The third-order valence-electron chi connectivity index (χ3n) is 3.61. The minimum absolute atomic E-state index is 0.0834. The number of nitrogens with two attached hydrogens (primary N) is 1. The average Bonchev–Trinajstić information content (AvgIpc) is 3.02. The van der Waals surface area contributed by atoms with Gasteiger partial charge < -0.3 is 15.1 Å². The molecule has 8 heteroatoms. The smallest absolute Gasteiger partial charge is 0.243 e. The second-order valence-electron chi connectivity index (χ2n) is 5.58. The molecule has 3 rings (SSSR count). The summed E-state index contributed by atoms with van der Waals surface area (Å²) in [7, 11) is 3.36. The van der Waals surface area contributed by atoms with Crippen LogP contribution in [-0.2, 0) is 17.9 Å². The fourth-order valence-electron chi connectivity index (χ4n) is 2.25. The van der Waals surface area contributed by atoms with Gasteiger partial charge in [0.2, 0.25) is 5.91 Å². The summed E-state index contributed by atoms with van der Waals surface area (Å²) in [6, 6.07) is 6.57. The summed E-state index contributed by atoms with van der Waals surface area (Å²) in [5, 5.41) is 8.45. The number of nitrogens with zero attached hydrogens (tertiary/aromatic N) is 4. The zero-order valence-electron chi connectivity index (χ0n) is 13.4. The average molecular weight is 327 g/mol. The van der Waals surface area contributed by atoms with E-state index in [1.807, 2.05) is 0 Å². The quantitative estimate of drug-likeness (QED) is 0.752. The fourth-order valence-corrected chi connectivity index (χ4v) is 2.25. The first-order valence-corrected chi connectivity index (χ1v) is 7.35. The number of rotatable bonds is 4. The Bertz CT molecular complexity index is 958. The summed E-state index contributed by atoms with van der Waals surface area (Å²) in [6.07, 6.45) is 1.67. The van der Waals surface area contributed by atoms with E-state index in [0.29, 0.717) is 22.4 Å². The maximum Gasteiger partial charge on any atom is 0.243 e. The number of amides is 1. The van der Waals surface area contributed by atoms with E-state index in [9.17, 15) is 9.59 Å². The van der Waals surface area contributed by atoms with Crippen molar-refractivity contribution in [2.75, 3.05) is 14.1 Å². The van der Waals surface area contributed by atoms with E-state index < -0.39 is 0 Å². The van der Waals surface area contributed by atoms with Crippen molar-refractivity contribution in [1.29, 1.82) is 0 Å². The number of carbonyl (C=O) groups excluding carboxylic acids is 1. The van der Waals surface area contributed by atoms with Gasteiger partial charge in [-0.1, -0.05) is 5.21 Å². The van der Waals surface area contributed by atoms with Gasteiger partial charge in [-0.25, -0.2) is 4.68 Å². The zero-order chi connectivity index (χ0) is 17.3. The van der Waals surface area contributed by atoms with Crippen molar-refractivity contribution in [3.05, 3.63) is 46.4 Å². The Morgan fingerprint density at radius 1 is 1.33 bits per heavy atom. The van der Waals surface area contributed by atoms with Crippen LogP contribution in [0.5, 0.6) is 0 Å². The standard InChI is InChI=1S/C16H17N5O3/c1-20(2)16(23)9-21-8-13(18-19-21)10-3-4-15-12(5-10)14(22)6-11(7-17)24-15/h3-6,8H,7,9,17H2,1-2H3. The number of likely N-dealkylation sites (N-methyl/N-ethyl adjacent to an activating group) is 1. The molecule has 1 aromatic carbocycles. The topological polar surface area (TPSA) is 107 Å². The molecule has 2 N–H and O–H groups in total. The molecule has 0 saturated carbocycles. The van der Waals surface area contributed by atoms with E-state index in [1.54, 1.807) is 38.5 Å². The Balaban J connectivity index is 1.95. The molecule has 0 fully saturated rings. The zero-order valence-corrected chi connectivity index (χ0v) is 13.4. The number of aromatic nitrogens is 3. The SMILES string of the molecule is CN(C)C(=O)Cn1cc(-c2ccc3oc(CN)cc(=O)c3c2)nn1. The van der Waals surface area contributed by atoms with Crippen molar-refractivity contribution >= 4 is 16.9 Å². The maximum absolute atomic E-state index is 12.2. The molecule has 2 heterocycles. The highest BCUT2D eigenvalue weighted by molar-refractivity contribution is 5.82. The first-order valence-electron chi connectivity index (χ1n) is 7.35. The Morgan fingerprint density at radius 3 is 2.83 bits per heavy atom.